The second-order valence-electron chi connectivity index (χ2n) is 6.52. The minimum absolute atomic E-state index is 0.372. The maximum Gasteiger partial charge on any atom is 0.193 e. The van der Waals surface area contributed by atoms with Gasteiger partial charge in [-0.15, -0.1) is 0 Å². The topological polar surface area (TPSA) is 58.1 Å². The molecule has 0 aliphatic carbocycles. The minimum atomic E-state index is 0.372. The smallest absolute Gasteiger partial charge is 0.193 e. The van der Waals surface area contributed by atoms with Crippen LogP contribution in [0.5, 0.6) is 0 Å². The molecule has 0 bridgehead atoms. The lowest BCUT2D eigenvalue weighted by atomic mass is 10.1. The van der Waals surface area contributed by atoms with E-state index < -0.39 is 0 Å². The van der Waals surface area contributed by atoms with Gasteiger partial charge in [0.1, 0.15) is 0 Å². The third kappa shape index (κ3) is 7.62. The average molecular weight is 363 g/mol. The first-order valence-electron chi connectivity index (χ1n) is 9.68. The lowest BCUT2D eigenvalue weighted by Crippen LogP contribution is -2.47. The van der Waals surface area contributed by atoms with Crippen molar-refractivity contribution in [1.29, 1.82) is 0 Å². The molecule has 0 spiro atoms. The second-order valence-corrected chi connectivity index (χ2v) is 6.52. The molecular formula is C20H34N4O2. The van der Waals surface area contributed by atoms with E-state index in [9.17, 15) is 0 Å². The van der Waals surface area contributed by atoms with Gasteiger partial charge in [-0.05, 0) is 37.8 Å². The highest BCUT2D eigenvalue weighted by Crippen LogP contribution is 2.14. The highest BCUT2D eigenvalue weighted by atomic mass is 16.5. The molecule has 0 radical (unpaired) electrons. The number of rotatable bonds is 10. The number of hydrogen-bond acceptors (Lipinski definition) is 4. The molecule has 26 heavy (non-hydrogen) atoms. The van der Waals surface area contributed by atoms with E-state index in [1.54, 1.807) is 7.11 Å². The summed E-state index contributed by atoms with van der Waals surface area (Å²) in [5, 5.41) is 6.91. The fourth-order valence-electron chi connectivity index (χ4n) is 3.10. The SMILES string of the molecule is CN=C(NCCCNc1ccccc1)N1CCC(OCCCOC)CC1. The number of aliphatic imine (C=N–C) groups is 1. The van der Waals surface area contributed by atoms with Crippen molar-refractivity contribution in [3.63, 3.8) is 0 Å². The Hall–Kier alpha value is -1.79. The molecule has 1 aromatic carbocycles. The molecule has 0 unspecified atom stereocenters. The maximum atomic E-state index is 5.93. The van der Waals surface area contributed by atoms with Crippen LogP contribution in [-0.2, 0) is 9.47 Å². The Balaban J connectivity index is 1.57. The number of guanidine groups is 1. The summed E-state index contributed by atoms with van der Waals surface area (Å²) in [7, 11) is 3.59. The zero-order valence-electron chi connectivity index (χ0n) is 16.2. The molecule has 6 nitrogen and oxygen atoms in total. The molecule has 1 aliphatic rings. The van der Waals surface area contributed by atoms with E-state index in [2.05, 4.69) is 32.7 Å². The summed E-state index contributed by atoms with van der Waals surface area (Å²) < 4.78 is 11.0. The average Bonchev–Trinajstić information content (AvgIpc) is 2.69. The molecule has 146 valence electrons. The number of ether oxygens (including phenoxy) is 2. The van der Waals surface area contributed by atoms with E-state index in [1.807, 2.05) is 25.2 Å². The Bertz CT molecular complexity index is 502. The molecule has 1 saturated heterocycles. The quantitative estimate of drug-likeness (QED) is 0.381. The fourth-order valence-corrected chi connectivity index (χ4v) is 3.10. The number of methoxy groups -OCH3 is 1. The Morgan fingerprint density at radius 2 is 1.88 bits per heavy atom. The zero-order valence-corrected chi connectivity index (χ0v) is 16.2. The Labute approximate surface area is 158 Å². The molecule has 1 aliphatic heterocycles. The number of hydrogen-bond donors (Lipinski definition) is 2. The molecule has 2 N–H and O–H groups in total. The summed E-state index contributed by atoms with van der Waals surface area (Å²) in [5.41, 5.74) is 1.17. The molecule has 0 amide bonds. The predicted octanol–water partition coefficient (Wildman–Crippen LogP) is 2.58. The summed E-state index contributed by atoms with van der Waals surface area (Å²) in [5.74, 6) is 1.00. The van der Waals surface area contributed by atoms with Crippen LogP contribution in [0.3, 0.4) is 0 Å². The number of benzene rings is 1. The number of piperidine rings is 1. The van der Waals surface area contributed by atoms with Gasteiger partial charge in [-0.1, -0.05) is 18.2 Å². The normalized spacial score (nSPS) is 15.9. The highest BCUT2D eigenvalue weighted by molar-refractivity contribution is 5.79. The monoisotopic (exact) mass is 362 g/mol. The summed E-state index contributed by atoms with van der Waals surface area (Å²) >= 11 is 0. The van der Waals surface area contributed by atoms with Crippen LogP contribution < -0.4 is 10.6 Å². The first-order chi connectivity index (χ1) is 12.8. The van der Waals surface area contributed by atoms with E-state index in [4.69, 9.17) is 9.47 Å². The van der Waals surface area contributed by atoms with E-state index >= 15 is 0 Å². The summed E-state index contributed by atoms with van der Waals surface area (Å²) in [6.45, 7) is 5.42. The highest BCUT2D eigenvalue weighted by Gasteiger charge is 2.21. The van der Waals surface area contributed by atoms with Gasteiger partial charge in [0.2, 0.25) is 0 Å². The number of anilines is 1. The summed E-state index contributed by atoms with van der Waals surface area (Å²) in [4.78, 5) is 6.77. The third-order valence-corrected chi connectivity index (χ3v) is 4.54. The Morgan fingerprint density at radius 3 is 2.58 bits per heavy atom. The maximum absolute atomic E-state index is 5.93. The van der Waals surface area contributed by atoms with Crippen molar-refractivity contribution in [1.82, 2.24) is 10.2 Å². The zero-order chi connectivity index (χ0) is 18.5. The molecule has 2 rings (SSSR count). The van der Waals surface area contributed by atoms with Gasteiger partial charge >= 0.3 is 0 Å². The van der Waals surface area contributed by atoms with E-state index in [0.717, 1.165) is 71.0 Å². The number of nitrogens with one attached hydrogen (secondary N) is 2. The van der Waals surface area contributed by atoms with Crippen LogP contribution in [0.1, 0.15) is 25.7 Å². The largest absolute Gasteiger partial charge is 0.385 e. The van der Waals surface area contributed by atoms with Gasteiger partial charge in [-0.3, -0.25) is 4.99 Å². The van der Waals surface area contributed by atoms with Crippen LogP contribution in [0, 0.1) is 0 Å². The molecule has 6 heteroatoms. The molecule has 0 atom stereocenters. The van der Waals surface area contributed by atoms with Crippen LogP contribution in [0.2, 0.25) is 0 Å². The van der Waals surface area contributed by atoms with Gasteiger partial charge in [0.15, 0.2) is 5.96 Å². The van der Waals surface area contributed by atoms with Crippen LogP contribution in [0.25, 0.3) is 0 Å². The van der Waals surface area contributed by atoms with Crippen LogP contribution in [-0.4, -0.2) is 70.5 Å². The van der Waals surface area contributed by atoms with Crippen molar-refractivity contribution in [3.8, 4) is 0 Å². The minimum Gasteiger partial charge on any atom is -0.385 e. The Morgan fingerprint density at radius 1 is 1.12 bits per heavy atom. The van der Waals surface area contributed by atoms with Gasteiger partial charge in [-0.25, -0.2) is 0 Å². The number of nitrogens with zero attached hydrogens (tertiary/aromatic N) is 2. The lowest BCUT2D eigenvalue weighted by molar-refractivity contribution is 0.00991. The first kappa shape index (κ1) is 20.5. The third-order valence-electron chi connectivity index (χ3n) is 4.54. The van der Waals surface area contributed by atoms with Crippen molar-refractivity contribution >= 4 is 11.6 Å². The molecule has 1 heterocycles. The number of likely N-dealkylation sites (tertiary alicyclic amines) is 1. The first-order valence-corrected chi connectivity index (χ1v) is 9.68. The molecular weight excluding hydrogens is 328 g/mol. The van der Waals surface area contributed by atoms with Crippen molar-refractivity contribution in [2.75, 3.05) is 58.9 Å². The Kier molecular flexibility index (Phi) is 9.90. The van der Waals surface area contributed by atoms with Gasteiger partial charge in [0, 0.05) is 59.2 Å². The van der Waals surface area contributed by atoms with Crippen molar-refractivity contribution in [3.05, 3.63) is 30.3 Å². The number of para-hydroxylation sites is 1. The van der Waals surface area contributed by atoms with Gasteiger partial charge < -0.3 is 25.0 Å². The molecule has 0 saturated carbocycles. The predicted molar refractivity (Wildman–Crippen MR) is 108 cm³/mol. The molecule has 1 fully saturated rings. The molecule has 0 aromatic heterocycles. The van der Waals surface area contributed by atoms with Gasteiger partial charge in [0.25, 0.3) is 0 Å². The van der Waals surface area contributed by atoms with Gasteiger partial charge in [-0.2, -0.15) is 0 Å². The molecule has 1 aromatic rings. The van der Waals surface area contributed by atoms with E-state index in [0.29, 0.717) is 6.10 Å². The van der Waals surface area contributed by atoms with Gasteiger partial charge in [0.05, 0.1) is 6.10 Å². The standard InChI is InChI=1S/C20H34N4O2/c1-21-20(23-13-6-12-22-18-8-4-3-5-9-18)24-14-10-19(11-15-24)26-17-7-16-25-2/h3-5,8-9,19,22H,6-7,10-17H2,1-2H3,(H,21,23). The van der Waals surface area contributed by atoms with Crippen LogP contribution >= 0.6 is 0 Å². The van der Waals surface area contributed by atoms with E-state index in [-0.39, 0.29) is 0 Å². The summed E-state index contributed by atoms with van der Waals surface area (Å²) in [6, 6.07) is 10.3. The van der Waals surface area contributed by atoms with E-state index in [1.165, 1.54) is 5.69 Å². The van der Waals surface area contributed by atoms with Crippen molar-refractivity contribution < 1.29 is 9.47 Å². The second kappa shape index (κ2) is 12.5. The lowest BCUT2D eigenvalue weighted by Gasteiger charge is -2.34. The van der Waals surface area contributed by atoms with Crippen LogP contribution in [0.15, 0.2) is 35.3 Å². The fraction of sp³-hybridized carbons (Fsp3) is 0.650. The summed E-state index contributed by atoms with van der Waals surface area (Å²) in [6.07, 6.45) is 4.51. The van der Waals surface area contributed by atoms with Crippen LogP contribution in [0.4, 0.5) is 5.69 Å². The van der Waals surface area contributed by atoms with Crippen molar-refractivity contribution in [2.24, 2.45) is 4.99 Å². The van der Waals surface area contributed by atoms with Crippen molar-refractivity contribution in [2.45, 2.75) is 31.8 Å².